The Bertz CT molecular complexity index is 352. The third-order valence-electron chi connectivity index (χ3n) is 3.40. The lowest BCUT2D eigenvalue weighted by molar-refractivity contribution is 0.00953. The first-order valence-electron chi connectivity index (χ1n) is 5.64. The lowest BCUT2D eigenvalue weighted by Gasteiger charge is -2.42. The van der Waals surface area contributed by atoms with E-state index in [1.807, 2.05) is 12.4 Å². The molecule has 0 spiro atoms. The summed E-state index contributed by atoms with van der Waals surface area (Å²) in [6.07, 6.45) is 3.89. The molecule has 90 valence electrons. The van der Waals surface area contributed by atoms with Crippen LogP contribution < -0.4 is 5.73 Å². The summed E-state index contributed by atoms with van der Waals surface area (Å²) in [7, 11) is 1.72. The van der Waals surface area contributed by atoms with Crippen LogP contribution >= 0.6 is 0 Å². The van der Waals surface area contributed by atoms with E-state index in [9.17, 15) is 0 Å². The molecule has 0 saturated heterocycles. The number of nitrogens with zero attached hydrogens (tertiary/aromatic N) is 3. The van der Waals surface area contributed by atoms with Crippen LogP contribution in [0.15, 0.2) is 12.4 Å². The van der Waals surface area contributed by atoms with E-state index in [1.165, 1.54) is 0 Å². The van der Waals surface area contributed by atoms with Gasteiger partial charge in [0.2, 0.25) is 0 Å². The van der Waals surface area contributed by atoms with E-state index in [0.29, 0.717) is 13.2 Å². The predicted molar refractivity (Wildman–Crippen MR) is 62.0 cm³/mol. The number of nitrogens with two attached hydrogens (primary N) is 1. The Kier molecular flexibility index (Phi) is 3.28. The van der Waals surface area contributed by atoms with Crippen LogP contribution in [0.25, 0.3) is 0 Å². The molecule has 1 atom stereocenters. The molecule has 5 heteroatoms. The maximum Gasteiger partial charge on any atom is 0.122 e. The molecule has 5 nitrogen and oxygen atoms in total. The monoisotopic (exact) mass is 224 g/mol. The minimum atomic E-state index is -0.0913. The van der Waals surface area contributed by atoms with Crippen LogP contribution in [0.4, 0.5) is 0 Å². The van der Waals surface area contributed by atoms with Crippen LogP contribution in [0, 0.1) is 0 Å². The average Bonchev–Trinajstić information content (AvgIpc) is 2.76. The molecule has 0 aromatic carbocycles. The predicted octanol–water partition coefficient (Wildman–Crippen LogP) is 0.0625. The fourth-order valence-corrected chi connectivity index (χ4v) is 2.22. The third-order valence-corrected chi connectivity index (χ3v) is 3.40. The largest absolute Gasteiger partial charge is 0.383 e. The molecule has 0 radical (unpaired) electrons. The summed E-state index contributed by atoms with van der Waals surface area (Å²) in [6.45, 7) is 6.24. The number of imidazole rings is 1. The van der Waals surface area contributed by atoms with Gasteiger partial charge < -0.3 is 15.0 Å². The van der Waals surface area contributed by atoms with Gasteiger partial charge in [-0.25, -0.2) is 4.98 Å². The van der Waals surface area contributed by atoms with Gasteiger partial charge in [0.05, 0.1) is 18.7 Å². The van der Waals surface area contributed by atoms with Crippen molar-refractivity contribution in [2.45, 2.75) is 25.6 Å². The molecule has 1 aliphatic heterocycles. The Balaban J connectivity index is 2.12. The number of ether oxygens (including phenoxy) is 1. The number of rotatable bonds is 4. The summed E-state index contributed by atoms with van der Waals surface area (Å²) in [5, 5.41) is 0. The maximum absolute atomic E-state index is 5.87. The Morgan fingerprint density at radius 3 is 3.06 bits per heavy atom. The van der Waals surface area contributed by atoms with Crippen LogP contribution in [0.5, 0.6) is 0 Å². The van der Waals surface area contributed by atoms with Gasteiger partial charge in [-0.1, -0.05) is 0 Å². The molecule has 0 amide bonds. The van der Waals surface area contributed by atoms with Gasteiger partial charge in [0, 0.05) is 39.1 Å². The van der Waals surface area contributed by atoms with E-state index < -0.39 is 0 Å². The first kappa shape index (κ1) is 11.6. The molecule has 1 aromatic rings. The van der Waals surface area contributed by atoms with Crippen molar-refractivity contribution in [1.82, 2.24) is 14.5 Å². The average molecular weight is 224 g/mol. The summed E-state index contributed by atoms with van der Waals surface area (Å²) in [5.41, 5.74) is 5.78. The van der Waals surface area contributed by atoms with E-state index in [-0.39, 0.29) is 5.54 Å². The highest BCUT2D eigenvalue weighted by Gasteiger charge is 2.33. The van der Waals surface area contributed by atoms with E-state index in [1.54, 1.807) is 7.11 Å². The molecule has 0 saturated carbocycles. The molecular weight excluding hydrogens is 204 g/mol. The van der Waals surface area contributed by atoms with E-state index >= 15 is 0 Å². The van der Waals surface area contributed by atoms with Crippen LogP contribution in [0.3, 0.4) is 0 Å². The van der Waals surface area contributed by atoms with E-state index in [4.69, 9.17) is 10.5 Å². The summed E-state index contributed by atoms with van der Waals surface area (Å²) < 4.78 is 7.47. The van der Waals surface area contributed by atoms with Crippen molar-refractivity contribution in [1.29, 1.82) is 0 Å². The Labute approximate surface area is 96.2 Å². The number of fused-ring (bicyclic) bond motifs is 1. The molecule has 2 heterocycles. The number of hydrogen-bond acceptors (Lipinski definition) is 4. The van der Waals surface area contributed by atoms with Crippen molar-refractivity contribution in [2.24, 2.45) is 5.73 Å². The van der Waals surface area contributed by atoms with Crippen molar-refractivity contribution >= 4 is 0 Å². The number of methoxy groups -OCH3 is 1. The van der Waals surface area contributed by atoms with Crippen LogP contribution in [0.1, 0.15) is 12.7 Å². The smallest absolute Gasteiger partial charge is 0.122 e. The normalized spacial score (nSPS) is 20.4. The second-order valence-corrected chi connectivity index (χ2v) is 4.59. The molecule has 0 bridgehead atoms. The SMILES string of the molecule is COCC(C)(CN)N1CCn2ccnc2C1. The highest BCUT2D eigenvalue weighted by molar-refractivity contribution is 4.99. The van der Waals surface area contributed by atoms with Crippen molar-refractivity contribution in [2.75, 3.05) is 26.8 Å². The van der Waals surface area contributed by atoms with Crippen molar-refractivity contribution in [3.63, 3.8) is 0 Å². The summed E-state index contributed by atoms with van der Waals surface area (Å²) >= 11 is 0. The molecule has 2 rings (SSSR count). The van der Waals surface area contributed by atoms with E-state index in [0.717, 1.165) is 25.5 Å². The third kappa shape index (κ3) is 1.98. The number of hydrogen-bond donors (Lipinski definition) is 1. The van der Waals surface area contributed by atoms with Gasteiger partial charge in [-0.3, -0.25) is 4.90 Å². The van der Waals surface area contributed by atoms with Gasteiger partial charge >= 0.3 is 0 Å². The van der Waals surface area contributed by atoms with Crippen molar-refractivity contribution < 1.29 is 4.74 Å². The maximum atomic E-state index is 5.87. The molecule has 0 aliphatic carbocycles. The molecular formula is C11H20N4O. The van der Waals surface area contributed by atoms with Gasteiger partial charge in [-0.2, -0.15) is 0 Å². The lowest BCUT2D eigenvalue weighted by atomic mass is 10.0. The quantitative estimate of drug-likeness (QED) is 0.786. The lowest BCUT2D eigenvalue weighted by Crippen LogP contribution is -2.56. The zero-order chi connectivity index (χ0) is 11.6. The molecule has 16 heavy (non-hydrogen) atoms. The van der Waals surface area contributed by atoms with Gasteiger partial charge in [-0.05, 0) is 6.92 Å². The minimum Gasteiger partial charge on any atom is -0.383 e. The molecule has 0 fully saturated rings. The van der Waals surface area contributed by atoms with Gasteiger partial charge in [0.15, 0.2) is 0 Å². The summed E-state index contributed by atoms with van der Waals surface area (Å²) in [4.78, 5) is 6.71. The summed E-state index contributed by atoms with van der Waals surface area (Å²) in [6, 6.07) is 0. The van der Waals surface area contributed by atoms with Crippen LogP contribution in [-0.4, -0.2) is 46.8 Å². The van der Waals surface area contributed by atoms with Crippen molar-refractivity contribution in [3.8, 4) is 0 Å². The second kappa shape index (κ2) is 4.53. The first-order chi connectivity index (χ1) is 7.69. The van der Waals surface area contributed by atoms with Gasteiger partial charge in [0.25, 0.3) is 0 Å². The van der Waals surface area contributed by atoms with Crippen molar-refractivity contribution in [3.05, 3.63) is 18.2 Å². The zero-order valence-corrected chi connectivity index (χ0v) is 10.0. The number of aromatic nitrogens is 2. The second-order valence-electron chi connectivity index (χ2n) is 4.59. The Morgan fingerprint density at radius 1 is 1.56 bits per heavy atom. The highest BCUT2D eigenvalue weighted by Crippen LogP contribution is 2.20. The topological polar surface area (TPSA) is 56.3 Å². The van der Waals surface area contributed by atoms with E-state index in [2.05, 4.69) is 21.4 Å². The van der Waals surface area contributed by atoms with Crippen LogP contribution in [0.2, 0.25) is 0 Å². The zero-order valence-electron chi connectivity index (χ0n) is 10.0. The Morgan fingerprint density at radius 2 is 2.38 bits per heavy atom. The molecule has 2 N–H and O–H groups in total. The highest BCUT2D eigenvalue weighted by atomic mass is 16.5. The minimum absolute atomic E-state index is 0.0913. The first-order valence-corrected chi connectivity index (χ1v) is 5.64. The van der Waals surface area contributed by atoms with Gasteiger partial charge in [-0.15, -0.1) is 0 Å². The molecule has 1 unspecified atom stereocenters. The Hall–Kier alpha value is -0.910. The molecule has 1 aromatic heterocycles. The fourth-order valence-electron chi connectivity index (χ4n) is 2.22. The standard InChI is InChI=1S/C11H20N4O/c1-11(8-12,9-16-2)15-6-5-14-4-3-13-10(14)7-15/h3-4H,5-9,12H2,1-2H3. The summed E-state index contributed by atoms with van der Waals surface area (Å²) in [5.74, 6) is 1.11. The van der Waals surface area contributed by atoms with Gasteiger partial charge in [0.1, 0.15) is 5.82 Å². The van der Waals surface area contributed by atoms with Crippen LogP contribution in [-0.2, 0) is 17.8 Å². The fraction of sp³-hybridized carbons (Fsp3) is 0.727. The molecule has 1 aliphatic rings.